The molecular formula is C13H17ClF3NO2. The van der Waals surface area contributed by atoms with E-state index in [1.807, 2.05) is 0 Å². The monoisotopic (exact) mass is 311 g/mol. The van der Waals surface area contributed by atoms with Crippen LogP contribution in [-0.4, -0.2) is 26.0 Å². The molecule has 1 atom stereocenters. The van der Waals surface area contributed by atoms with E-state index in [0.717, 1.165) is 5.56 Å². The molecule has 0 saturated carbocycles. The van der Waals surface area contributed by atoms with Crippen LogP contribution in [0.25, 0.3) is 0 Å². The van der Waals surface area contributed by atoms with Gasteiger partial charge >= 0.3 is 6.18 Å². The van der Waals surface area contributed by atoms with Gasteiger partial charge in [0.1, 0.15) is 12.4 Å². The van der Waals surface area contributed by atoms with Gasteiger partial charge in [0.05, 0.1) is 13.2 Å². The predicted octanol–water partition coefficient (Wildman–Crippen LogP) is 3.71. The molecule has 3 nitrogen and oxygen atoms in total. The summed E-state index contributed by atoms with van der Waals surface area (Å²) in [6.07, 6.45) is -3.93. The molecule has 0 aliphatic rings. The minimum Gasteiger partial charge on any atom is -0.493 e. The zero-order valence-electron chi connectivity index (χ0n) is 11.0. The van der Waals surface area contributed by atoms with E-state index in [1.54, 1.807) is 25.1 Å². The lowest BCUT2D eigenvalue weighted by molar-refractivity contribution is -0.174. The molecule has 0 radical (unpaired) electrons. The van der Waals surface area contributed by atoms with E-state index in [1.165, 1.54) is 0 Å². The molecule has 0 spiro atoms. The van der Waals surface area contributed by atoms with Gasteiger partial charge in [-0.2, -0.15) is 13.2 Å². The fourth-order valence-corrected chi connectivity index (χ4v) is 1.72. The Morgan fingerprint density at radius 2 is 2.00 bits per heavy atom. The molecule has 0 aliphatic heterocycles. The van der Waals surface area contributed by atoms with Crippen molar-refractivity contribution in [3.8, 4) is 5.75 Å². The van der Waals surface area contributed by atoms with Crippen LogP contribution >= 0.6 is 11.6 Å². The summed E-state index contributed by atoms with van der Waals surface area (Å²) in [6.45, 7) is 0.795. The van der Waals surface area contributed by atoms with Crippen molar-refractivity contribution in [3.05, 3.63) is 28.8 Å². The van der Waals surface area contributed by atoms with Crippen LogP contribution in [0.4, 0.5) is 13.2 Å². The summed E-state index contributed by atoms with van der Waals surface area (Å²) in [7, 11) is 0. The summed E-state index contributed by atoms with van der Waals surface area (Å²) in [5, 5.41) is 0.554. The van der Waals surface area contributed by atoms with Gasteiger partial charge < -0.3 is 15.2 Å². The molecule has 0 amide bonds. The SMILES string of the molecule is C[C@H](N)c1cc(Cl)ccc1OCCCOCC(F)(F)F. The number of rotatable bonds is 7. The Hall–Kier alpha value is -0.980. The van der Waals surface area contributed by atoms with Gasteiger partial charge in [-0.05, 0) is 25.1 Å². The molecule has 20 heavy (non-hydrogen) atoms. The molecule has 7 heteroatoms. The minimum absolute atomic E-state index is 0.0133. The fraction of sp³-hybridized carbons (Fsp3) is 0.538. The zero-order chi connectivity index (χ0) is 15.2. The smallest absolute Gasteiger partial charge is 0.411 e. The maximum atomic E-state index is 11.8. The summed E-state index contributed by atoms with van der Waals surface area (Å²) in [5.74, 6) is 0.584. The molecule has 0 fully saturated rings. The minimum atomic E-state index is -4.29. The van der Waals surface area contributed by atoms with Crippen molar-refractivity contribution in [1.82, 2.24) is 0 Å². The second kappa shape index (κ2) is 7.71. The third kappa shape index (κ3) is 6.45. The maximum Gasteiger partial charge on any atom is 0.411 e. The van der Waals surface area contributed by atoms with Gasteiger partial charge in [0, 0.05) is 23.0 Å². The molecule has 1 rings (SSSR count). The molecule has 2 N–H and O–H groups in total. The maximum absolute atomic E-state index is 11.8. The first-order chi connectivity index (χ1) is 9.29. The summed E-state index contributed by atoms with van der Waals surface area (Å²) in [5.41, 5.74) is 6.55. The zero-order valence-corrected chi connectivity index (χ0v) is 11.8. The van der Waals surface area contributed by atoms with Gasteiger partial charge in [-0.1, -0.05) is 11.6 Å². The first kappa shape index (κ1) is 17.1. The second-order valence-corrected chi connectivity index (χ2v) is 4.78. The highest BCUT2D eigenvalue weighted by Crippen LogP contribution is 2.27. The number of ether oxygens (including phenoxy) is 2. The Labute approximate surface area is 120 Å². The van der Waals surface area contributed by atoms with Crippen molar-refractivity contribution in [2.24, 2.45) is 5.73 Å². The molecule has 1 aromatic rings. The standard InChI is InChI=1S/C13H17ClF3NO2/c1-9(18)11-7-10(14)3-4-12(11)20-6-2-5-19-8-13(15,16)17/h3-4,7,9H,2,5-6,8,18H2,1H3/t9-/m0/s1. The number of benzene rings is 1. The second-order valence-electron chi connectivity index (χ2n) is 4.34. The lowest BCUT2D eigenvalue weighted by atomic mass is 10.1. The highest BCUT2D eigenvalue weighted by atomic mass is 35.5. The highest BCUT2D eigenvalue weighted by Gasteiger charge is 2.27. The van der Waals surface area contributed by atoms with Crippen molar-refractivity contribution in [2.45, 2.75) is 25.6 Å². The van der Waals surface area contributed by atoms with Crippen LogP contribution in [0.3, 0.4) is 0 Å². The largest absolute Gasteiger partial charge is 0.493 e. The van der Waals surface area contributed by atoms with Crippen LogP contribution in [0.2, 0.25) is 5.02 Å². The quantitative estimate of drug-likeness (QED) is 0.781. The van der Waals surface area contributed by atoms with Crippen LogP contribution in [0.15, 0.2) is 18.2 Å². The lowest BCUT2D eigenvalue weighted by Gasteiger charge is -2.14. The van der Waals surface area contributed by atoms with E-state index in [0.29, 0.717) is 17.2 Å². The summed E-state index contributed by atoms with van der Waals surface area (Å²) in [4.78, 5) is 0. The third-order valence-corrected chi connectivity index (χ3v) is 2.65. The van der Waals surface area contributed by atoms with E-state index in [9.17, 15) is 13.2 Å². The summed E-state index contributed by atoms with van der Waals surface area (Å²) >= 11 is 5.87. The van der Waals surface area contributed by atoms with Gasteiger partial charge in [-0.25, -0.2) is 0 Å². The Morgan fingerprint density at radius 1 is 1.30 bits per heavy atom. The van der Waals surface area contributed by atoms with Crippen molar-refractivity contribution in [3.63, 3.8) is 0 Å². The van der Waals surface area contributed by atoms with E-state index in [4.69, 9.17) is 22.1 Å². The average Bonchev–Trinajstić information content (AvgIpc) is 2.33. The molecule has 0 saturated heterocycles. The highest BCUT2D eigenvalue weighted by molar-refractivity contribution is 6.30. The van der Waals surface area contributed by atoms with Crippen molar-refractivity contribution in [2.75, 3.05) is 19.8 Å². The molecule has 114 valence electrons. The van der Waals surface area contributed by atoms with Crippen molar-refractivity contribution in [1.29, 1.82) is 0 Å². The van der Waals surface area contributed by atoms with Crippen LogP contribution in [0.1, 0.15) is 24.9 Å². The van der Waals surface area contributed by atoms with Crippen molar-refractivity contribution >= 4 is 11.6 Å². The molecule has 0 unspecified atom stereocenters. The molecule has 0 aromatic heterocycles. The Morgan fingerprint density at radius 3 is 2.60 bits per heavy atom. The van der Waals surface area contributed by atoms with Gasteiger partial charge in [0.25, 0.3) is 0 Å². The van der Waals surface area contributed by atoms with Gasteiger partial charge in [0.2, 0.25) is 0 Å². The first-order valence-electron chi connectivity index (χ1n) is 6.12. The number of halogens is 4. The number of hydrogen-bond acceptors (Lipinski definition) is 3. The van der Waals surface area contributed by atoms with Gasteiger partial charge in [-0.15, -0.1) is 0 Å². The number of alkyl halides is 3. The molecule has 0 bridgehead atoms. The van der Waals surface area contributed by atoms with Crippen LogP contribution in [-0.2, 0) is 4.74 Å². The fourth-order valence-electron chi connectivity index (χ4n) is 1.54. The Kier molecular flexibility index (Phi) is 6.58. The van der Waals surface area contributed by atoms with Crippen LogP contribution < -0.4 is 10.5 Å². The number of hydrogen-bond donors (Lipinski definition) is 1. The Balaban J connectivity index is 2.35. The predicted molar refractivity (Wildman–Crippen MR) is 71.0 cm³/mol. The lowest BCUT2D eigenvalue weighted by Crippen LogP contribution is -2.18. The third-order valence-electron chi connectivity index (χ3n) is 2.42. The van der Waals surface area contributed by atoms with Crippen molar-refractivity contribution < 1.29 is 22.6 Å². The van der Waals surface area contributed by atoms with Gasteiger partial charge in [-0.3, -0.25) is 0 Å². The number of nitrogens with two attached hydrogens (primary N) is 1. The molecule has 0 aliphatic carbocycles. The first-order valence-corrected chi connectivity index (χ1v) is 6.49. The van der Waals surface area contributed by atoms with Crippen LogP contribution in [0, 0.1) is 0 Å². The summed E-state index contributed by atoms with van der Waals surface area (Å²) in [6, 6.07) is 4.83. The molecule has 1 aromatic carbocycles. The van der Waals surface area contributed by atoms with E-state index >= 15 is 0 Å². The van der Waals surface area contributed by atoms with E-state index in [2.05, 4.69) is 4.74 Å². The Bertz CT molecular complexity index is 425. The van der Waals surface area contributed by atoms with E-state index in [-0.39, 0.29) is 19.3 Å². The van der Waals surface area contributed by atoms with Crippen LogP contribution in [0.5, 0.6) is 5.75 Å². The summed E-state index contributed by atoms with van der Waals surface area (Å²) < 4.78 is 45.4. The molecule has 0 heterocycles. The van der Waals surface area contributed by atoms with E-state index < -0.39 is 12.8 Å². The van der Waals surface area contributed by atoms with Gasteiger partial charge in [0.15, 0.2) is 0 Å². The normalized spacial score (nSPS) is 13.3. The average molecular weight is 312 g/mol. The topological polar surface area (TPSA) is 44.5 Å². The molecular weight excluding hydrogens is 295 g/mol.